The first-order valence-corrected chi connectivity index (χ1v) is 3.18. The fraction of sp³-hybridized carbons (Fsp3) is 0. The fourth-order valence-corrected chi connectivity index (χ4v) is 0.757. The van der Waals surface area contributed by atoms with Crippen LogP contribution in [0.25, 0.3) is 22.0 Å². The van der Waals surface area contributed by atoms with Crippen LogP contribution >= 0.6 is 0 Å². The first kappa shape index (κ1) is 7.94. The Morgan fingerprint density at radius 3 is 3.00 bits per heavy atom. The molecule has 11 heteroatoms. The Balaban J connectivity index is 2.57. The molecule has 0 aromatic carbocycles. The highest BCUT2D eigenvalue weighted by Crippen LogP contribution is 2.23. The normalized spacial score (nSPS) is 9.71. The van der Waals surface area contributed by atoms with Gasteiger partial charge in [0.05, 0.1) is 0 Å². The molecule has 0 amide bonds. The molecule has 1 N–H and O–H groups in total. The number of tetrazole rings is 1. The van der Waals surface area contributed by atoms with Gasteiger partial charge in [0, 0.05) is 4.91 Å². The Labute approximate surface area is 74.5 Å². The first-order valence-electron chi connectivity index (χ1n) is 3.18. The summed E-state index contributed by atoms with van der Waals surface area (Å²) in [5.41, 5.74) is 8.11. The van der Waals surface area contributed by atoms with Crippen LogP contribution in [0.1, 0.15) is 0 Å². The average Bonchev–Trinajstić information content (AvgIpc) is 2.74. The standard InChI is InChI=1S/C3HN9O2/c4-9-5-2-1(7-14-8-2)3-6-10-11-12(3)13/h13H. The zero-order chi connectivity index (χ0) is 9.97. The van der Waals surface area contributed by atoms with Crippen LogP contribution in [0.2, 0.25) is 0 Å². The summed E-state index contributed by atoms with van der Waals surface area (Å²) in [5, 5.41) is 28.5. The predicted molar refractivity (Wildman–Crippen MR) is 37.1 cm³/mol. The Hall–Kier alpha value is -2.68. The van der Waals surface area contributed by atoms with Crippen LogP contribution in [0, 0.1) is 0 Å². The van der Waals surface area contributed by atoms with E-state index < -0.39 is 0 Å². The minimum atomic E-state index is -0.155. The van der Waals surface area contributed by atoms with E-state index in [0.29, 0.717) is 4.85 Å². The second-order valence-corrected chi connectivity index (χ2v) is 2.02. The van der Waals surface area contributed by atoms with Gasteiger partial charge in [-0.05, 0) is 31.4 Å². The molecule has 0 aliphatic rings. The van der Waals surface area contributed by atoms with E-state index >= 15 is 0 Å². The Kier molecular flexibility index (Phi) is 1.70. The van der Waals surface area contributed by atoms with Crippen molar-refractivity contribution in [3.8, 4) is 11.5 Å². The van der Waals surface area contributed by atoms with Gasteiger partial charge in [-0.25, -0.2) is 4.63 Å². The topological polar surface area (TPSA) is 152 Å². The number of rotatable bonds is 2. The first-order chi connectivity index (χ1) is 6.83. The maximum absolute atomic E-state index is 9.05. The molecule has 2 aromatic heterocycles. The van der Waals surface area contributed by atoms with Crippen molar-refractivity contribution in [2.24, 2.45) is 5.11 Å². The highest BCUT2D eigenvalue weighted by Gasteiger charge is 2.17. The molecule has 0 unspecified atom stereocenters. The second-order valence-electron chi connectivity index (χ2n) is 2.02. The SMILES string of the molecule is [N-]=[N+]=Nc1nonc1-c1nnnn1O. The molecule has 0 aliphatic carbocycles. The van der Waals surface area contributed by atoms with E-state index in [1.807, 2.05) is 0 Å². The van der Waals surface area contributed by atoms with Crippen LogP contribution in [0.15, 0.2) is 9.74 Å². The van der Waals surface area contributed by atoms with Crippen molar-refractivity contribution >= 4 is 5.82 Å². The van der Waals surface area contributed by atoms with Crippen LogP contribution in [0.5, 0.6) is 0 Å². The molecule has 0 radical (unpaired) electrons. The largest absolute Gasteiger partial charge is 0.409 e. The average molecular weight is 195 g/mol. The van der Waals surface area contributed by atoms with Gasteiger partial charge in [-0.3, -0.25) is 0 Å². The number of nitrogens with zero attached hydrogens (tertiary/aromatic N) is 9. The van der Waals surface area contributed by atoms with E-state index in [4.69, 9.17) is 10.7 Å². The number of hydrogen-bond acceptors (Lipinski definition) is 8. The van der Waals surface area contributed by atoms with Gasteiger partial charge in [0.15, 0.2) is 5.69 Å². The lowest BCUT2D eigenvalue weighted by atomic mass is 10.4. The van der Waals surface area contributed by atoms with Crippen molar-refractivity contribution < 1.29 is 9.84 Å². The van der Waals surface area contributed by atoms with Crippen LogP contribution in [-0.4, -0.2) is 35.9 Å². The minimum Gasteiger partial charge on any atom is -0.409 e. The van der Waals surface area contributed by atoms with Gasteiger partial charge in [0.1, 0.15) is 0 Å². The molecule has 70 valence electrons. The molecule has 0 fully saturated rings. The Bertz CT molecular complexity index is 492. The maximum Gasteiger partial charge on any atom is 0.246 e. The summed E-state index contributed by atoms with van der Waals surface area (Å²) in [4.78, 5) is 2.84. The molecule has 0 saturated heterocycles. The van der Waals surface area contributed by atoms with Gasteiger partial charge >= 0.3 is 0 Å². The summed E-state index contributed by atoms with van der Waals surface area (Å²) in [5.74, 6) is -0.286. The third-order valence-corrected chi connectivity index (χ3v) is 1.28. The number of aromatic nitrogens is 6. The van der Waals surface area contributed by atoms with E-state index in [9.17, 15) is 0 Å². The monoisotopic (exact) mass is 195 g/mol. The van der Waals surface area contributed by atoms with Gasteiger partial charge in [-0.15, -0.1) is 5.10 Å². The molecule has 2 heterocycles. The van der Waals surface area contributed by atoms with E-state index in [1.165, 1.54) is 0 Å². The molecule has 14 heavy (non-hydrogen) atoms. The lowest BCUT2D eigenvalue weighted by Gasteiger charge is -1.89. The van der Waals surface area contributed by atoms with Gasteiger partial charge in [0.25, 0.3) is 0 Å². The lowest BCUT2D eigenvalue weighted by molar-refractivity contribution is 0.146. The van der Waals surface area contributed by atoms with Gasteiger partial charge in [0.2, 0.25) is 11.6 Å². The summed E-state index contributed by atoms with van der Waals surface area (Å²) in [6, 6.07) is 0. The molecule has 0 saturated carbocycles. The molecule has 0 atom stereocenters. The van der Waals surface area contributed by atoms with E-state index in [2.05, 4.69) is 40.5 Å². The number of azide groups is 1. The van der Waals surface area contributed by atoms with Crippen molar-refractivity contribution in [1.82, 2.24) is 30.7 Å². The molecule has 11 nitrogen and oxygen atoms in total. The lowest BCUT2D eigenvalue weighted by Crippen LogP contribution is -1.96. The third-order valence-electron chi connectivity index (χ3n) is 1.28. The van der Waals surface area contributed by atoms with E-state index in [1.54, 1.807) is 0 Å². The molecule has 2 rings (SSSR count). The third kappa shape index (κ3) is 1.09. The predicted octanol–water partition coefficient (Wildman–Crippen LogP) is -0.0978. The summed E-state index contributed by atoms with van der Waals surface area (Å²) in [7, 11) is 0. The zero-order valence-electron chi connectivity index (χ0n) is 6.38. The number of hydrogen-bond donors (Lipinski definition) is 1. The van der Waals surface area contributed by atoms with Crippen molar-refractivity contribution in [1.29, 1.82) is 0 Å². The van der Waals surface area contributed by atoms with Crippen molar-refractivity contribution in [2.45, 2.75) is 0 Å². The summed E-state index contributed by atoms with van der Waals surface area (Å²) >= 11 is 0. The van der Waals surface area contributed by atoms with Gasteiger partial charge in [-0.2, -0.15) is 0 Å². The summed E-state index contributed by atoms with van der Waals surface area (Å²) < 4.78 is 4.29. The second kappa shape index (κ2) is 2.99. The molecule has 2 aromatic rings. The van der Waals surface area contributed by atoms with Gasteiger partial charge < -0.3 is 5.21 Å². The quantitative estimate of drug-likeness (QED) is 0.304. The van der Waals surface area contributed by atoms with Gasteiger partial charge in [-0.1, -0.05) is 4.85 Å². The molecule has 0 bridgehead atoms. The molecular weight excluding hydrogens is 194 g/mol. The van der Waals surface area contributed by atoms with Crippen LogP contribution < -0.4 is 0 Å². The fourth-order valence-electron chi connectivity index (χ4n) is 0.757. The van der Waals surface area contributed by atoms with Crippen LogP contribution in [0.3, 0.4) is 0 Å². The highest BCUT2D eigenvalue weighted by molar-refractivity contribution is 5.60. The van der Waals surface area contributed by atoms with Crippen molar-refractivity contribution in [2.75, 3.05) is 0 Å². The molecule has 0 spiro atoms. The van der Waals surface area contributed by atoms with Crippen molar-refractivity contribution in [3.05, 3.63) is 10.4 Å². The maximum atomic E-state index is 9.05. The molecular formula is C3HN9O2. The summed E-state index contributed by atoms with van der Waals surface area (Å²) in [6.07, 6.45) is 0. The van der Waals surface area contributed by atoms with Crippen LogP contribution in [0.4, 0.5) is 5.82 Å². The summed E-state index contributed by atoms with van der Waals surface area (Å²) in [6.45, 7) is 0. The zero-order valence-corrected chi connectivity index (χ0v) is 6.38. The Morgan fingerprint density at radius 1 is 1.50 bits per heavy atom. The molecule has 0 aliphatic heterocycles. The van der Waals surface area contributed by atoms with Crippen LogP contribution in [-0.2, 0) is 0 Å². The minimum absolute atomic E-state index is 0.0460. The Morgan fingerprint density at radius 2 is 2.36 bits per heavy atom. The highest BCUT2D eigenvalue weighted by atomic mass is 16.6. The van der Waals surface area contributed by atoms with Crippen molar-refractivity contribution in [3.63, 3.8) is 0 Å². The van der Waals surface area contributed by atoms with E-state index in [0.717, 1.165) is 0 Å². The van der Waals surface area contributed by atoms with E-state index in [-0.39, 0.29) is 17.3 Å². The smallest absolute Gasteiger partial charge is 0.246 e.